The molecule has 0 saturated heterocycles. The van der Waals surface area contributed by atoms with E-state index >= 15 is 0 Å². The van der Waals surface area contributed by atoms with E-state index in [1.54, 1.807) is 0 Å². The van der Waals surface area contributed by atoms with Crippen LogP contribution in [0.2, 0.25) is 5.02 Å². The zero-order chi connectivity index (χ0) is 20.3. The molecule has 0 fully saturated rings. The highest BCUT2D eigenvalue weighted by atomic mass is 35.5. The fourth-order valence-corrected chi connectivity index (χ4v) is 3.86. The molecule has 1 aromatic heterocycles. The normalized spacial score (nSPS) is 13.5. The number of aromatic nitrogens is 1. The topological polar surface area (TPSA) is 65.8 Å². The van der Waals surface area contributed by atoms with Crippen molar-refractivity contribution in [2.24, 2.45) is 0 Å². The summed E-state index contributed by atoms with van der Waals surface area (Å²) in [6.07, 6.45) is -0.721. The molecule has 1 aromatic carbocycles. The quantitative estimate of drug-likeness (QED) is 0.681. The van der Waals surface area contributed by atoms with E-state index < -0.39 is 17.6 Å². The summed E-state index contributed by atoms with van der Waals surface area (Å²) in [5, 5.41) is 12.2. The fourth-order valence-electron chi connectivity index (χ4n) is 2.92. The smallest absolute Gasteiger partial charge is 0.324 e. The molecular weight excluding hydrogens is 411 g/mol. The Kier molecular flexibility index (Phi) is 6.16. The van der Waals surface area contributed by atoms with Gasteiger partial charge in [0.05, 0.1) is 27.6 Å². The molecule has 28 heavy (non-hydrogen) atoms. The highest BCUT2D eigenvalue weighted by Gasteiger charge is 2.31. The highest BCUT2D eigenvalue weighted by molar-refractivity contribution is 8.00. The van der Waals surface area contributed by atoms with Gasteiger partial charge in [0, 0.05) is 5.69 Å². The van der Waals surface area contributed by atoms with Crippen molar-refractivity contribution in [3.63, 3.8) is 0 Å². The zero-order valence-electron chi connectivity index (χ0n) is 14.6. The van der Waals surface area contributed by atoms with Crippen LogP contribution in [-0.2, 0) is 23.8 Å². The number of rotatable bonds is 4. The number of hydrogen-bond donors (Lipinski definition) is 1. The number of nitriles is 1. The summed E-state index contributed by atoms with van der Waals surface area (Å²) < 4.78 is 38.5. The SMILES string of the molecule is N#Cc1cc2c(nc1SCC(=O)Nc1cc(C(F)(F)F)ccc1Cl)CCCC2. The van der Waals surface area contributed by atoms with Crippen LogP contribution < -0.4 is 5.32 Å². The number of anilines is 1. The third kappa shape index (κ3) is 4.78. The number of amides is 1. The van der Waals surface area contributed by atoms with Gasteiger partial charge in [-0.05, 0) is 55.5 Å². The van der Waals surface area contributed by atoms with E-state index in [2.05, 4.69) is 16.4 Å². The minimum Gasteiger partial charge on any atom is -0.324 e. The summed E-state index contributed by atoms with van der Waals surface area (Å²) in [4.78, 5) is 16.7. The molecular formula is C19H15ClF3N3OS. The Hall–Kier alpha value is -2.24. The standard InChI is InChI=1S/C19H15ClF3N3OS/c20-14-6-5-13(19(21,22)23)8-16(14)25-17(27)10-28-18-12(9-24)7-11-3-1-2-4-15(11)26-18/h5-8H,1-4,10H2,(H,25,27). The molecule has 0 spiro atoms. The van der Waals surface area contributed by atoms with E-state index in [1.807, 2.05) is 6.07 Å². The molecule has 1 aliphatic carbocycles. The molecule has 0 unspecified atom stereocenters. The van der Waals surface area contributed by atoms with Crippen molar-refractivity contribution in [1.29, 1.82) is 5.26 Å². The monoisotopic (exact) mass is 425 g/mol. The molecule has 4 nitrogen and oxygen atoms in total. The largest absolute Gasteiger partial charge is 0.416 e. The molecule has 1 amide bonds. The van der Waals surface area contributed by atoms with Crippen molar-refractivity contribution in [1.82, 2.24) is 4.98 Å². The number of benzene rings is 1. The lowest BCUT2D eigenvalue weighted by molar-refractivity contribution is -0.137. The summed E-state index contributed by atoms with van der Waals surface area (Å²) in [5.41, 5.74) is 1.39. The number of carbonyl (C=O) groups excluding carboxylic acids is 1. The number of hydrogen-bond acceptors (Lipinski definition) is 4. The van der Waals surface area contributed by atoms with Gasteiger partial charge in [-0.2, -0.15) is 18.4 Å². The predicted molar refractivity (Wildman–Crippen MR) is 101 cm³/mol. The molecule has 0 saturated carbocycles. The predicted octanol–water partition coefficient (Wildman–Crippen LogP) is 5.24. The van der Waals surface area contributed by atoms with E-state index in [1.165, 1.54) is 0 Å². The second-order valence-corrected chi connectivity index (χ2v) is 7.67. The van der Waals surface area contributed by atoms with E-state index in [0.29, 0.717) is 10.6 Å². The number of fused-ring (bicyclic) bond motifs is 1. The maximum atomic E-state index is 12.8. The van der Waals surface area contributed by atoms with E-state index in [-0.39, 0.29) is 16.5 Å². The first-order valence-corrected chi connectivity index (χ1v) is 9.86. The molecule has 146 valence electrons. The van der Waals surface area contributed by atoms with Gasteiger partial charge in [0.1, 0.15) is 11.1 Å². The van der Waals surface area contributed by atoms with Gasteiger partial charge in [-0.3, -0.25) is 4.79 Å². The number of halogens is 4. The van der Waals surface area contributed by atoms with Gasteiger partial charge in [0.25, 0.3) is 0 Å². The molecule has 0 atom stereocenters. The Labute approximate surface area is 169 Å². The first-order valence-electron chi connectivity index (χ1n) is 8.50. The molecule has 0 aliphatic heterocycles. The van der Waals surface area contributed by atoms with E-state index in [0.717, 1.165) is 66.9 Å². The first-order chi connectivity index (χ1) is 13.3. The molecule has 1 aliphatic rings. The minimum absolute atomic E-state index is 0.0102. The van der Waals surface area contributed by atoms with Gasteiger partial charge < -0.3 is 5.32 Å². The minimum atomic E-state index is -4.53. The molecule has 2 aromatic rings. The maximum absolute atomic E-state index is 12.8. The van der Waals surface area contributed by atoms with Crippen molar-refractivity contribution in [2.45, 2.75) is 36.9 Å². The summed E-state index contributed by atoms with van der Waals surface area (Å²) in [6.45, 7) is 0. The summed E-state index contributed by atoms with van der Waals surface area (Å²) in [5.74, 6) is -0.637. The van der Waals surface area contributed by atoms with Crippen LogP contribution in [0.1, 0.15) is 35.2 Å². The van der Waals surface area contributed by atoms with Gasteiger partial charge in [0.15, 0.2) is 0 Å². The van der Waals surface area contributed by atoms with Crippen molar-refractivity contribution in [2.75, 3.05) is 11.1 Å². The van der Waals surface area contributed by atoms with Crippen LogP contribution in [-0.4, -0.2) is 16.6 Å². The van der Waals surface area contributed by atoms with Crippen LogP contribution in [0.5, 0.6) is 0 Å². The number of thioether (sulfide) groups is 1. The highest BCUT2D eigenvalue weighted by Crippen LogP contribution is 2.34. The Morgan fingerprint density at radius 3 is 2.75 bits per heavy atom. The lowest BCUT2D eigenvalue weighted by atomic mass is 9.95. The second kappa shape index (κ2) is 8.41. The zero-order valence-corrected chi connectivity index (χ0v) is 16.1. The number of pyridine rings is 1. The molecule has 9 heteroatoms. The number of nitrogens with one attached hydrogen (secondary N) is 1. The van der Waals surface area contributed by atoms with Crippen molar-refractivity contribution in [3.05, 3.63) is 51.7 Å². The number of nitrogens with zero attached hydrogens (tertiary/aromatic N) is 2. The molecule has 0 bridgehead atoms. The van der Waals surface area contributed by atoms with Crippen LogP contribution in [0.4, 0.5) is 18.9 Å². The average Bonchev–Trinajstić information content (AvgIpc) is 2.66. The van der Waals surface area contributed by atoms with Crippen molar-refractivity contribution in [3.8, 4) is 6.07 Å². The Balaban J connectivity index is 1.71. The third-order valence-electron chi connectivity index (χ3n) is 4.29. The molecule has 0 radical (unpaired) electrons. The van der Waals surface area contributed by atoms with Gasteiger partial charge in [0.2, 0.25) is 5.91 Å². The fraction of sp³-hybridized carbons (Fsp3) is 0.316. The van der Waals surface area contributed by atoms with Crippen LogP contribution >= 0.6 is 23.4 Å². The number of alkyl halides is 3. The summed E-state index contributed by atoms with van der Waals surface area (Å²) >= 11 is 6.97. The van der Waals surface area contributed by atoms with Crippen LogP contribution in [0.25, 0.3) is 0 Å². The molecule has 1 N–H and O–H groups in total. The first kappa shape index (κ1) is 20.5. The van der Waals surface area contributed by atoms with Gasteiger partial charge in [-0.25, -0.2) is 4.98 Å². The van der Waals surface area contributed by atoms with Gasteiger partial charge >= 0.3 is 6.18 Å². The average molecular weight is 426 g/mol. The number of aryl methyl sites for hydroxylation is 2. The van der Waals surface area contributed by atoms with Crippen LogP contribution in [0, 0.1) is 11.3 Å². The summed E-state index contributed by atoms with van der Waals surface area (Å²) in [7, 11) is 0. The van der Waals surface area contributed by atoms with Crippen LogP contribution in [0.3, 0.4) is 0 Å². The third-order valence-corrected chi connectivity index (χ3v) is 5.61. The van der Waals surface area contributed by atoms with E-state index in [9.17, 15) is 23.2 Å². The lowest BCUT2D eigenvalue weighted by Gasteiger charge is -2.16. The molecule has 3 rings (SSSR count). The summed E-state index contributed by atoms with van der Waals surface area (Å²) in [6, 6.07) is 6.64. The second-order valence-electron chi connectivity index (χ2n) is 6.30. The Morgan fingerprint density at radius 1 is 1.29 bits per heavy atom. The lowest BCUT2D eigenvalue weighted by Crippen LogP contribution is -2.16. The Morgan fingerprint density at radius 2 is 2.04 bits per heavy atom. The van der Waals surface area contributed by atoms with Crippen molar-refractivity contribution < 1.29 is 18.0 Å². The Bertz CT molecular complexity index is 957. The van der Waals surface area contributed by atoms with Gasteiger partial charge in [-0.1, -0.05) is 23.4 Å². The van der Waals surface area contributed by atoms with Gasteiger partial charge in [-0.15, -0.1) is 0 Å². The van der Waals surface area contributed by atoms with E-state index in [4.69, 9.17) is 11.6 Å². The maximum Gasteiger partial charge on any atom is 0.416 e. The number of carbonyl (C=O) groups is 1. The molecule has 1 heterocycles. The van der Waals surface area contributed by atoms with Crippen LogP contribution in [0.15, 0.2) is 29.3 Å². The van der Waals surface area contributed by atoms with Crippen molar-refractivity contribution >= 4 is 35.0 Å².